The topological polar surface area (TPSA) is 63.3 Å². The van der Waals surface area contributed by atoms with Crippen LogP contribution in [0, 0.1) is 0 Å². The van der Waals surface area contributed by atoms with Crippen LogP contribution in [-0.4, -0.2) is 28.1 Å². The highest BCUT2D eigenvalue weighted by molar-refractivity contribution is 8.01. The van der Waals surface area contributed by atoms with Crippen molar-refractivity contribution in [3.05, 3.63) is 0 Å². The quantitative estimate of drug-likeness (QED) is 0.726. The molecule has 13 heavy (non-hydrogen) atoms. The van der Waals surface area contributed by atoms with Crippen LogP contribution in [0.5, 0.6) is 0 Å². The van der Waals surface area contributed by atoms with Crippen molar-refractivity contribution in [1.29, 1.82) is 0 Å². The zero-order valence-corrected chi connectivity index (χ0v) is 9.66. The number of aliphatic carboxylic acids is 1. The molecular weight excluding hydrogens is 210 g/mol. The molecule has 80 valence electrons. The second-order valence-corrected chi connectivity index (χ2v) is 4.15. The van der Waals surface area contributed by atoms with Crippen molar-refractivity contribution in [2.75, 3.05) is 6.54 Å². The molecule has 0 rings (SSSR count). The molecule has 0 spiro atoms. The van der Waals surface area contributed by atoms with Gasteiger partial charge in [0.15, 0.2) is 0 Å². The van der Waals surface area contributed by atoms with Crippen molar-refractivity contribution >= 4 is 30.1 Å². The minimum atomic E-state index is -0.797. The van der Waals surface area contributed by atoms with Gasteiger partial charge in [0.25, 0.3) is 0 Å². The lowest BCUT2D eigenvalue weighted by Crippen LogP contribution is -2.28. The molecule has 0 aliphatic rings. The third kappa shape index (κ3) is 6.18. The lowest BCUT2D eigenvalue weighted by atomic mass is 10.3. The molecule has 0 amide bonds. The molecule has 0 heterocycles. The summed E-state index contributed by atoms with van der Waals surface area (Å²) in [7, 11) is 0. The van der Waals surface area contributed by atoms with E-state index in [1.54, 1.807) is 0 Å². The normalized spacial score (nSPS) is 12.3. The first-order valence-corrected chi connectivity index (χ1v) is 5.18. The number of halogens is 1. The van der Waals surface area contributed by atoms with Crippen LogP contribution >= 0.6 is 24.2 Å². The Morgan fingerprint density at radius 2 is 1.92 bits per heavy atom. The molecular formula is C8H18ClNO2S. The monoisotopic (exact) mass is 227 g/mol. The number of carboxylic acids is 1. The Morgan fingerprint density at radius 1 is 1.46 bits per heavy atom. The summed E-state index contributed by atoms with van der Waals surface area (Å²) < 4.78 is 0. The van der Waals surface area contributed by atoms with Gasteiger partial charge in [0.1, 0.15) is 5.25 Å². The van der Waals surface area contributed by atoms with Crippen LogP contribution in [0.15, 0.2) is 0 Å². The van der Waals surface area contributed by atoms with Gasteiger partial charge in [-0.25, -0.2) is 0 Å². The van der Waals surface area contributed by atoms with Gasteiger partial charge >= 0.3 is 5.97 Å². The summed E-state index contributed by atoms with van der Waals surface area (Å²) in [5.74, 6) is -0.797. The van der Waals surface area contributed by atoms with Gasteiger partial charge in [0, 0.05) is 11.8 Å². The predicted octanol–water partition coefficient (Wildman–Crippen LogP) is 1.74. The number of hydrogen-bond donors (Lipinski definition) is 2. The van der Waals surface area contributed by atoms with Gasteiger partial charge in [-0.3, -0.25) is 4.79 Å². The predicted molar refractivity (Wildman–Crippen MR) is 59.7 cm³/mol. The van der Waals surface area contributed by atoms with Crippen LogP contribution in [0.1, 0.15) is 26.7 Å². The Hall–Kier alpha value is 0.0700. The number of thioether (sulfide) groups is 1. The average Bonchev–Trinajstić information content (AvgIpc) is 2.06. The van der Waals surface area contributed by atoms with Gasteiger partial charge in [0.2, 0.25) is 0 Å². The Morgan fingerprint density at radius 3 is 2.15 bits per heavy atom. The smallest absolute Gasteiger partial charge is 0.317 e. The first-order valence-electron chi connectivity index (χ1n) is 4.24. The molecule has 0 saturated heterocycles. The third-order valence-corrected chi connectivity index (χ3v) is 3.53. The number of carboxylic acid groups (broad SMARTS) is 1. The van der Waals surface area contributed by atoms with Gasteiger partial charge in [-0.2, -0.15) is 0 Å². The van der Waals surface area contributed by atoms with Crippen LogP contribution < -0.4 is 5.73 Å². The summed E-state index contributed by atoms with van der Waals surface area (Å²) >= 11 is 1.47. The van der Waals surface area contributed by atoms with Gasteiger partial charge in [-0.1, -0.05) is 13.8 Å². The molecule has 0 saturated carbocycles. The first-order chi connectivity index (χ1) is 5.65. The third-order valence-electron chi connectivity index (χ3n) is 1.76. The maximum atomic E-state index is 10.6. The largest absolute Gasteiger partial charge is 0.480 e. The van der Waals surface area contributed by atoms with Gasteiger partial charge in [0.05, 0.1) is 0 Å². The highest BCUT2D eigenvalue weighted by Crippen LogP contribution is 2.22. The maximum absolute atomic E-state index is 10.6. The van der Waals surface area contributed by atoms with E-state index in [2.05, 4.69) is 13.8 Å². The van der Waals surface area contributed by atoms with Crippen molar-refractivity contribution in [1.82, 2.24) is 0 Å². The molecule has 0 aromatic carbocycles. The van der Waals surface area contributed by atoms with E-state index in [0.29, 0.717) is 5.25 Å². The van der Waals surface area contributed by atoms with E-state index < -0.39 is 11.2 Å². The summed E-state index contributed by atoms with van der Waals surface area (Å²) in [6.45, 7) is 4.35. The second kappa shape index (κ2) is 8.66. The van der Waals surface area contributed by atoms with Crippen LogP contribution in [0.3, 0.4) is 0 Å². The highest BCUT2D eigenvalue weighted by Gasteiger charge is 2.19. The van der Waals surface area contributed by atoms with Crippen molar-refractivity contribution in [3.8, 4) is 0 Å². The number of carbonyl (C=O) groups is 1. The van der Waals surface area contributed by atoms with E-state index in [-0.39, 0.29) is 19.0 Å². The molecule has 0 aromatic rings. The zero-order valence-electron chi connectivity index (χ0n) is 8.03. The van der Waals surface area contributed by atoms with Crippen LogP contribution in [0.25, 0.3) is 0 Å². The van der Waals surface area contributed by atoms with E-state index in [9.17, 15) is 4.79 Å². The van der Waals surface area contributed by atoms with Crippen molar-refractivity contribution in [2.24, 2.45) is 5.73 Å². The summed E-state index contributed by atoms with van der Waals surface area (Å²) in [5, 5.41) is 8.70. The van der Waals surface area contributed by atoms with Crippen LogP contribution in [-0.2, 0) is 4.79 Å². The fourth-order valence-corrected chi connectivity index (χ4v) is 2.01. The Balaban J connectivity index is 0. The molecule has 0 aromatic heterocycles. The average molecular weight is 228 g/mol. The summed E-state index contributed by atoms with van der Waals surface area (Å²) in [4.78, 5) is 10.6. The number of hydrogen-bond acceptors (Lipinski definition) is 3. The molecule has 3 N–H and O–H groups in total. The fraction of sp³-hybridized carbons (Fsp3) is 0.875. The SMILES string of the molecule is CCC(CC)SC(CN)C(=O)O.Cl. The van der Waals surface area contributed by atoms with E-state index in [1.165, 1.54) is 11.8 Å². The van der Waals surface area contributed by atoms with E-state index in [4.69, 9.17) is 10.8 Å². The summed E-state index contributed by atoms with van der Waals surface area (Å²) in [6.07, 6.45) is 2.01. The number of rotatable bonds is 6. The standard InChI is InChI=1S/C8H17NO2S.ClH/c1-3-6(4-2)12-7(5-9)8(10)11;/h6-7H,3-5,9H2,1-2H3,(H,10,11);1H. The zero-order chi connectivity index (χ0) is 9.56. The molecule has 0 aliphatic heterocycles. The molecule has 1 unspecified atom stereocenters. The van der Waals surface area contributed by atoms with Crippen molar-refractivity contribution < 1.29 is 9.90 Å². The lowest BCUT2D eigenvalue weighted by Gasteiger charge is -2.16. The van der Waals surface area contributed by atoms with Gasteiger partial charge in [-0.15, -0.1) is 24.2 Å². The molecule has 5 heteroatoms. The van der Waals surface area contributed by atoms with Gasteiger partial charge < -0.3 is 10.8 Å². The first kappa shape index (κ1) is 15.5. The van der Waals surface area contributed by atoms with Crippen molar-refractivity contribution in [2.45, 2.75) is 37.2 Å². The minimum Gasteiger partial charge on any atom is -0.480 e. The molecule has 3 nitrogen and oxygen atoms in total. The maximum Gasteiger partial charge on any atom is 0.317 e. The molecule has 0 bridgehead atoms. The number of nitrogens with two attached hydrogens (primary N) is 1. The lowest BCUT2D eigenvalue weighted by molar-refractivity contribution is -0.136. The van der Waals surface area contributed by atoms with Crippen LogP contribution in [0.2, 0.25) is 0 Å². The molecule has 1 atom stereocenters. The van der Waals surface area contributed by atoms with E-state index >= 15 is 0 Å². The molecule has 0 fully saturated rings. The summed E-state index contributed by atoms with van der Waals surface area (Å²) in [5.41, 5.74) is 5.33. The summed E-state index contributed by atoms with van der Waals surface area (Å²) in [6, 6.07) is 0. The fourth-order valence-electron chi connectivity index (χ4n) is 0.928. The Kier molecular flexibility index (Phi) is 10.3. The van der Waals surface area contributed by atoms with Crippen molar-refractivity contribution in [3.63, 3.8) is 0 Å². The van der Waals surface area contributed by atoms with Gasteiger partial charge in [-0.05, 0) is 12.8 Å². The minimum absolute atomic E-state index is 0. The van der Waals surface area contributed by atoms with E-state index in [0.717, 1.165) is 12.8 Å². The highest BCUT2D eigenvalue weighted by atomic mass is 35.5. The second-order valence-electron chi connectivity index (χ2n) is 2.64. The Labute approximate surface area is 89.9 Å². The Bertz CT molecular complexity index is 142. The van der Waals surface area contributed by atoms with Crippen LogP contribution in [0.4, 0.5) is 0 Å². The molecule has 0 aliphatic carbocycles. The molecule has 0 radical (unpaired) electrons. The van der Waals surface area contributed by atoms with E-state index in [1.807, 2.05) is 0 Å².